The molecule has 0 aliphatic carbocycles. The summed E-state index contributed by atoms with van der Waals surface area (Å²) in [6.45, 7) is 4.32. The molecule has 0 spiro atoms. The van der Waals surface area contributed by atoms with Gasteiger partial charge in [-0.05, 0) is 43.2 Å². The summed E-state index contributed by atoms with van der Waals surface area (Å²) in [5, 5.41) is 0.497. The van der Waals surface area contributed by atoms with Crippen molar-refractivity contribution < 1.29 is 13.9 Å². The molecule has 0 fully saturated rings. The Morgan fingerprint density at radius 1 is 1.19 bits per heavy atom. The number of hydrogen-bond acceptors (Lipinski definition) is 4. The fourth-order valence-corrected chi connectivity index (χ4v) is 3.24. The number of aryl methyl sites for hydroxylation is 1. The number of anilines is 1. The number of rotatable bonds is 2. The van der Waals surface area contributed by atoms with E-state index in [4.69, 9.17) is 9.15 Å². The molecule has 1 aliphatic heterocycles. The van der Waals surface area contributed by atoms with Crippen LogP contribution in [0.25, 0.3) is 11.0 Å². The quantitative estimate of drug-likeness (QED) is 0.706. The molecule has 1 atom stereocenters. The molecule has 3 aromatic rings. The second-order valence-corrected chi connectivity index (χ2v) is 6.47. The van der Waals surface area contributed by atoms with Crippen molar-refractivity contribution in [2.45, 2.75) is 26.4 Å². The van der Waals surface area contributed by atoms with Crippen LogP contribution in [-0.4, -0.2) is 18.6 Å². The molecule has 2 heterocycles. The third-order valence-corrected chi connectivity index (χ3v) is 4.58. The number of carbonyl (C=O) groups excluding carboxylic acids is 1. The minimum atomic E-state index is -0.342. The minimum absolute atomic E-state index is 0.0376. The van der Waals surface area contributed by atoms with Crippen LogP contribution in [0.3, 0.4) is 0 Å². The van der Waals surface area contributed by atoms with Crippen molar-refractivity contribution in [2.75, 3.05) is 11.4 Å². The molecular formula is C21H19NO4. The number of fused-ring (bicyclic) bond motifs is 2. The zero-order valence-electron chi connectivity index (χ0n) is 14.7. The Bertz CT molecular complexity index is 1050. The van der Waals surface area contributed by atoms with Crippen molar-refractivity contribution in [3.8, 4) is 5.75 Å². The number of benzene rings is 2. The molecule has 1 unspecified atom stereocenters. The number of amides is 1. The molecule has 26 heavy (non-hydrogen) atoms. The normalized spacial score (nSPS) is 16.2. The number of nitrogens with zero attached hydrogens (tertiary/aromatic N) is 1. The summed E-state index contributed by atoms with van der Waals surface area (Å²) in [6.07, 6.45) is 0.687. The Morgan fingerprint density at radius 2 is 2.00 bits per heavy atom. The average Bonchev–Trinajstić information content (AvgIpc) is 2.66. The molecule has 4 rings (SSSR count). The minimum Gasteiger partial charge on any atom is -0.487 e. The van der Waals surface area contributed by atoms with E-state index in [-0.39, 0.29) is 23.2 Å². The lowest BCUT2D eigenvalue weighted by Gasteiger charge is -2.33. The predicted molar refractivity (Wildman–Crippen MR) is 100 cm³/mol. The van der Waals surface area contributed by atoms with Crippen LogP contribution >= 0.6 is 0 Å². The van der Waals surface area contributed by atoms with Crippen molar-refractivity contribution in [1.82, 2.24) is 0 Å². The number of hydrogen-bond donors (Lipinski definition) is 0. The maximum atomic E-state index is 13.1. The molecule has 0 saturated carbocycles. The lowest BCUT2D eigenvalue weighted by molar-refractivity contribution is 0.0935. The van der Waals surface area contributed by atoms with Gasteiger partial charge >= 0.3 is 0 Å². The van der Waals surface area contributed by atoms with Gasteiger partial charge in [0.05, 0.1) is 17.6 Å². The van der Waals surface area contributed by atoms with Crippen LogP contribution in [0.2, 0.25) is 0 Å². The third-order valence-electron chi connectivity index (χ3n) is 4.58. The SMILES string of the molecule is CCc1ccc2oc(C(=O)N3CC(C)Oc4ccccc43)cc(=O)c2c1. The zero-order valence-corrected chi connectivity index (χ0v) is 14.7. The molecule has 5 heteroatoms. The largest absolute Gasteiger partial charge is 0.487 e. The van der Waals surface area contributed by atoms with Gasteiger partial charge in [-0.3, -0.25) is 14.5 Å². The van der Waals surface area contributed by atoms with Gasteiger partial charge in [0, 0.05) is 6.07 Å². The highest BCUT2D eigenvalue weighted by molar-refractivity contribution is 6.06. The smallest absolute Gasteiger partial charge is 0.294 e. The van der Waals surface area contributed by atoms with Crippen molar-refractivity contribution in [3.63, 3.8) is 0 Å². The molecule has 0 bridgehead atoms. The molecular weight excluding hydrogens is 330 g/mol. The zero-order chi connectivity index (χ0) is 18.3. The lowest BCUT2D eigenvalue weighted by Crippen LogP contribution is -2.42. The van der Waals surface area contributed by atoms with Gasteiger partial charge in [0.2, 0.25) is 0 Å². The maximum absolute atomic E-state index is 13.1. The fraction of sp³-hybridized carbons (Fsp3) is 0.238. The molecule has 0 saturated heterocycles. The van der Waals surface area contributed by atoms with Crippen molar-refractivity contribution in [2.24, 2.45) is 0 Å². The average molecular weight is 349 g/mol. The highest BCUT2D eigenvalue weighted by Crippen LogP contribution is 2.34. The molecule has 2 aromatic carbocycles. The molecule has 5 nitrogen and oxygen atoms in total. The van der Waals surface area contributed by atoms with E-state index in [1.54, 1.807) is 11.0 Å². The van der Waals surface area contributed by atoms with Gasteiger partial charge in [-0.25, -0.2) is 0 Å². The summed E-state index contributed by atoms with van der Waals surface area (Å²) in [7, 11) is 0. The Kier molecular flexibility index (Phi) is 3.99. The summed E-state index contributed by atoms with van der Waals surface area (Å²) in [5.74, 6) is 0.345. The van der Waals surface area contributed by atoms with Gasteiger partial charge < -0.3 is 9.15 Å². The summed E-state index contributed by atoms with van der Waals surface area (Å²) in [4.78, 5) is 27.2. The van der Waals surface area contributed by atoms with Gasteiger partial charge in [0.1, 0.15) is 17.4 Å². The summed E-state index contributed by atoms with van der Waals surface area (Å²) in [5.41, 5.74) is 1.95. The van der Waals surface area contributed by atoms with Gasteiger partial charge in [0.15, 0.2) is 11.2 Å². The van der Waals surface area contributed by atoms with E-state index in [0.717, 1.165) is 12.0 Å². The van der Waals surface area contributed by atoms with Gasteiger partial charge in [-0.15, -0.1) is 0 Å². The molecule has 0 N–H and O–H groups in total. The number of ether oxygens (including phenoxy) is 1. The van der Waals surface area contributed by atoms with Crippen LogP contribution in [0.15, 0.2) is 57.7 Å². The van der Waals surface area contributed by atoms with E-state index in [2.05, 4.69) is 0 Å². The van der Waals surface area contributed by atoms with Crippen molar-refractivity contribution >= 4 is 22.6 Å². The van der Waals surface area contributed by atoms with Crippen LogP contribution < -0.4 is 15.1 Å². The Hall–Kier alpha value is -3.08. The van der Waals surface area contributed by atoms with Crippen molar-refractivity contribution in [1.29, 1.82) is 0 Å². The molecule has 1 aliphatic rings. The predicted octanol–water partition coefficient (Wildman–Crippen LogP) is 3.78. The van der Waals surface area contributed by atoms with Crippen molar-refractivity contribution in [3.05, 3.63) is 70.1 Å². The third kappa shape index (κ3) is 2.75. The second kappa shape index (κ2) is 6.33. The summed E-state index contributed by atoms with van der Waals surface area (Å²) >= 11 is 0. The summed E-state index contributed by atoms with van der Waals surface area (Å²) < 4.78 is 11.6. The Labute approximate surface area is 150 Å². The van der Waals surface area contributed by atoms with Crippen LogP contribution in [0.1, 0.15) is 30.0 Å². The van der Waals surface area contributed by atoms with E-state index < -0.39 is 0 Å². The monoisotopic (exact) mass is 349 g/mol. The first kappa shape index (κ1) is 16.4. The summed E-state index contributed by atoms with van der Waals surface area (Å²) in [6, 6.07) is 14.1. The Balaban J connectivity index is 1.78. The van der Waals surface area contributed by atoms with E-state index in [1.807, 2.05) is 50.2 Å². The van der Waals surface area contributed by atoms with Gasteiger partial charge in [-0.2, -0.15) is 0 Å². The van der Waals surface area contributed by atoms with Gasteiger partial charge in [0.25, 0.3) is 5.91 Å². The van der Waals surface area contributed by atoms with Crippen LogP contribution in [0.4, 0.5) is 5.69 Å². The molecule has 1 amide bonds. The Morgan fingerprint density at radius 3 is 2.81 bits per heavy atom. The van der Waals surface area contributed by atoms with Gasteiger partial charge in [-0.1, -0.05) is 25.1 Å². The van der Waals surface area contributed by atoms with E-state index >= 15 is 0 Å². The van der Waals surface area contributed by atoms with Crippen LogP contribution in [0, 0.1) is 0 Å². The first-order valence-electron chi connectivity index (χ1n) is 8.71. The van der Waals surface area contributed by atoms with Crippen LogP contribution in [-0.2, 0) is 6.42 Å². The maximum Gasteiger partial charge on any atom is 0.294 e. The standard InChI is InChI=1S/C21H19NO4/c1-3-14-8-9-18-15(10-14)17(23)11-20(26-18)21(24)22-12-13(2)25-19-7-5-4-6-16(19)22/h4-11,13H,3,12H2,1-2H3. The second-order valence-electron chi connectivity index (χ2n) is 6.47. The topological polar surface area (TPSA) is 59.8 Å². The van der Waals surface area contributed by atoms with Crippen LogP contribution in [0.5, 0.6) is 5.75 Å². The highest BCUT2D eigenvalue weighted by Gasteiger charge is 2.29. The first-order chi connectivity index (χ1) is 12.6. The molecule has 0 radical (unpaired) electrons. The molecule has 132 valence electrons. The van der Waals surface area contributed by atoms with E-state index in [9.17, 15) is 9.59 Å². The number of para-hydroxylation sites is 2. The lowest BCUT2D eigenvalue weighted by atomic mass is 10.1. The van der Waals surface area contributed by atoms with E-state index in [0.29, 0.717) is 29.0 Å². The fourth-order valence-electron chi connectivity index (χ4n) is 3.24. The number of carbonyl (C=O) groups is 1. The highest BCUT2D eigenvalue weighted by atomic mass is 16.5. The first-order valence-corrected chi connectivity index (χ1v) is 8.71. The van der Waals surface area contributed by atoms with E-state index in [1.165, 1.54) is 6.07 Å². The molecule has 1 aromatic heterocycles.